The summed E-state index contributed by atoms with van der Waals surface area (Å²) in [5.41, 5.74) is 0.601. The number of aromatic nitrogens is 1. The zero-order chi connectivity index (χ0) is 17.3. The summed E-state index contributed by atoms with van der Waals surface area (Å²) in [6, 6.07) is 8.65. The summed E-state index contributed by atoms with van der Waals surface area (Å²) in [7, 11) is 0. The minimum absolute atomic E-state index is 0.120. The number of rotatable bonds is 2. The highest BCUT2D eigenvalue weighted by Gasteiger charge is 2.33. The van der Waals surface area contributed by atoms with E-state index in [4.69, 9.17) is 5.26 Å². The molecule has 3 rings (SSSR count). The molecule has 24 heavy (non-hydrogen) atoms. The second kappa shape index (κ2) is 6.04. The van der Waals surface area contributed by atoms with Crippen LogP contribution in [0, 0.1) is 11.3 Å². The van der Waals surface area contributed by atoms with Gasteiger partial charge in [0.05, 0.1) is 11.1 Å². The quantitative estimate of drug-likeness (QED) is 0.914. The minimum atomic E-state index is -4.37. The molecule has 0 aliphatic carbocycles. The average Bonchev–Trinajstić information content (AvgIpc) is 3.23. The number of aromatic amines is 1. The van der Waals surface area contributed by atoms with Crippen LogP contribution in [0.2, 0.25) is 0 Å². The maximum Gasteiger partial charge on any atom is 0.416 e. The van der Waals surface area contributed by atoms with Crippen LogP contribution in [-0.2, 0) is 6.18 Å². The Kier molecular flexibility index (Phi) is 4.06. The van der Waals surface area contributed by atoms with Gasteiger partial charge in [-0.25, -0.2) is 0 Å². The molecule has 0 bridgehead atoms. The van der Waals surface area contributed by atoms with E-state index < -0.39 is 11.7 Å². The van der Waals surface area contributed by atoms with Gasteiger partial charge >= 0.3 is 6.18 Å². The molecule has 2 aromatic rings. The van der Waals surface area contributed by atoms with Crippen molar-refractivity contribution in [1.29, 1.82) is 5.26 Å². The van der Waals surface area contributed by atoms with Crippen molar-refractivity contribution < 1.29 is 18.0 Å². The molecular formula is C17H14F3N3O. The van der Waals surface area contributed by atoms with Crippen LogP contribution in [0.15, 0.2) is 36.5 Å². The van der Waals surface area contributed by atoms with Crippen molar-refractivity contribution in [3.05, 3.63) is 58.9 Å². The number of carbonyl (C=O) groups excluding carboxylic acids is 1. The third-order valence-corrected chi connectivity index (χ3v) is 4.21. The highest BCUT2D eigenvalue weighted by atomic mass is 19.4. The van der Waals surface area contributed by atoms with E-state index in [-0.39, 0.29) is 11.8 Å². The fourth-order valence-electron chi connectivity index (χ4n) is 2.95. The normalized spacial score (nSPS) is 17.8. The number of benzene rings is 1. The summed E-state index contributed by atoms with van der Waals surface area (Å²) in [4.78, 5) is 16.7. The minimum Gasteiger partial charge on any atom is -0.352 e. The molecular weight excluding hydrogens is 319 g/mol. The number of nitrogens with one attached hydrogen (secondary N) is 1. The monoisotopic (exact) mass is 333 g/mol. The molecule has 1 aromatic carbocycles. The van der Waals surface area contributed by atoms with Crippen LogP contribution < -0.4 is 0 Å². The van der Waals surface area contributed by atoms with Crippen molar-refractivity contribution in [3.8, 4) is 6.07 Å². The Balaban J connectivity index is 1.74. The predicted octanol–water partition coefficient (Wildman–Crippen LogP) is 3.53. The van der Waals surface area contributed by atoms with Gasteiger partial charge in [0.1, 0.15) is 11.8 Å². The number of halogens is 3. The van der Waals surface area contributed by atoms with E-state index in [0.717, 1.165) is 12.1 Å². The van der Waals surface area contributed by atoms with Crippen LogP contribution in [0.25, 0.3) is 0 Å². The number of nitriles is 1. The van der Waals surface area contributed by atoms with Gasteiger partial charge in [0.2, 0.25) is 0 Å². The van der Waals surface area contributed by atoms with E-state index in [0.29, 0.717) is 36.3 Å². The molecule has 4 nitrogen and oxygen atoms in total. The lowest BCUT2D eigenvalue weighted by molar-refractivity contribution is -0.137. The standard InChI is InChI=1S/C17H14F3N3O/c18-17(19,20)14-3-1-2-11(6-14)12-4-5-23(10-12)16(24)13-7-15(8-21)22-9-13/h1-3,6-7,9,12,22H,4-5,10H2/t12-/m1/s1. The third kappa shape index (κ3) is 3.13. The lowest BCUT2D eigenvalue weighted by Gasteiger charge is -2.16. The van der Waals surface area contributed by atoms with Gasteiger partial charge in [-0.2, -0.15) is 18.4 Å². The summed E-state index contributed by atoms with van der Waals surface area (Å²) >= 11 is 0. The van der Waals surface area contributed by atoms with Gasteiger partial charge in [-0.05, 0) is 24.1 Å². The maximum absolute atomic E-state index is 12.8. The number of nitrogens with zero attached hydrogens (tertiary/aromatic N) is 2. The Morgan fingerprint density at radius 2 is 2.12 bits per heavy atom. The average molecular weight is 333 g/mol. The van der Waals surface area contributed by atoms with Gasteiger partial charge in [0.25, 0.3) is 5.91 Å². The molecule has 1 amide bonds. The van der Waals surface area contributed by atoms with Crippen LogP contribution in [-0.4, -0.2) is 28.9 Å². The van der Waals surface area contributed by atoms with Crippen LogP contribution in [0.1, 0.15) is 39.5 Å². The predicted molar refractivity (Wildman–Crippen MR) is 80.2 cm³/mol. The first-order valence-corrected chi connectivity index (χ1v) is 7.43. The number of H-pyrrole nitrogens is 1. The van der Waals surface area contributed by atoms with Crippen LogP contribution >= 0.6 is 0 Å². The zero-order valence-electron chi connectivity index (χ0n) is 12.6. The van der Waals surface area contributed by atoms with Crippen molar-refractivity contribution in [1.82, 2.24) is 9.88 Å². The Hall–Kier alpha value is -2.75. The number of likely N-dealkylation sites (tertiary alicyclic amines) is 1. The van der Waals surface area contributed by atoms with Gasteiger partial charge < -0.3 is 9.88 Å². The Bertz CT molecular complexity index is 804. The van der Waals surface area contributed by atoms with Crippen molar-refractivity contribution in [3.63, 3.8) is 0 Å². The smallest absolute Gasteiger partial charge is 0.352 e. The first-order valence-electron chi connectivity index (χ1n) is 7.43. The number of carbonyl (C=O) groups is 1. The summed E-state index contributed by atoms with van der Waals surface area (Å²) < 4.78 is 38.5. The second-order valence-corrected chi connectivity index (χ2v) is 5.77. The van der Waals surface area contributed by atoms with Crippen molar-refractivity contribution >= 4 is 5.91 Å². The van der Waals surface area contributed by atoms with Crippen LogP contribution in [0.5, 0.6) is 0 Å². The summed E-state index contributed by atoms with van der Waals surface area (Å²) in [5.74, 6) is -0.340. The molecule has 1 saturated heterocycles. The van der Waals surface area contributed by atoms with Gasteiger partial charge in [0, 0.05) is 25.2 Å². The van der Waals surface area contributed by atoms with Crippen LogP contribution in [0.4, 0.5) is 13.2 Å². The zero-order valence-corrected chi connectivity index (χ0v) is 12.6. The summed E-state index contributed by atoms with van der Waals surface area (Å²) in [5, 5.41) is 8.78. The fourth-order valence-corrected chi connectivity index (χ4v) is 2.95. The van der Waals surface area contributed by atoms with Crippen LogP contribution in [0.3, 0.4) is 0 Å². The second-order valence-electron chi connectivity index (χ2n) is 5.77. The fraction of sp³-hybridized carbons (Fsp3) is 0.294. The molecule has 1 N–H and O–H groups in total. The molecule has 0 unspecified atom stereocenters. The maximum atomic E-state index is 12.8. The molecule has 1 aliphatic heterocycles. The molecule has 2 heterocycles. The topological polar surface area (TPSA) is 59.9 Å². The van der Waals surface area contributed by atoms with Gasteiger partial charge in [0.15, 0.2) is 0 Å². The van der Waals surface area contributed by atoms with Gasteiger partial charge in [-0.3, -0.25) is 4.79 Å². The van der Waals surface area contributed by atoms with E-state index in [1.54, 1.807) is 11.0 Å². The molecule has 124 valence electrons. The van der Waals surface area contributed by atoms with E-state index in [2.05, 4.69) is 4.98 Å². The van der Waals surface area contributed by atoms with Crippen molar-refractivity contribution in [2.75, 3.05) is 13.1 Å². The molecule has 7 heteroatoms. The highest BCUT2D eigenvalue weighted by molar-refractivity contribution is 5.94. The Morgan fingerprint density at radius 3 is 2.79 bits per heavy atom. The third-order valence-electron chi connectivity index (χ3n) is 4.21. The SMILES string of the molecule is N#Cc1cc(C(=O)N2CC[C@@H](c3cccc(C(F)(F)F)c3)C2)c[nH]1. The Labute approximate surface area is 136 Å². The number of hydrogen-bond donors (Lipinski definition) is 1. The van der Waals surface area contributed by atoms with Crippen molar-refractivity contribution in [2.45, 2.75) is 18.5 Å². The Morgan fingerprint density at radius 1 is 1.33 bits per heavy atom. The van der Waals surface area contributed by atoms with Gasteiger partial charge in [-0.1, -0.05) is 18.2 Å². The molecule has 0 spiro atoms. The first kappa shape index (κ1) is 16.1. The van der Waals surface area contributed by atoms with E-state index >= 15 is 0 Å². The lowest BCUT2D eigenvalue weighted by Crippen LogP contribution is -2.28. The molecule has 0 radical (unpaired) electrons. The largest absolute Gasteiger partial charge is 0.416 e. The molecule has 1 aromatic heterocycles. The first-order chi connectivity index (χ1) is 11.4. The number of alkyl halides is 3. The van der Waals surface area contributed by atoms with Crippen molar-refractivity contribution in [2.24, 2.45) is 0 Å². The van der Waals surface area contributed by atoms with Gasteiger partial charge in [-0.15, -0.1) is 0 Å². The van der Waals surface area contributed by atoms with E-state index in [9.17, 15) is 18.0 Å². The molecule has 1 aliphatic rings. The lowest BCUT2D eigenvalue weighted by atomic mass is 9.96. The molecule has 1 fully saturated rings. The highest BCUT2D eigenvalue weighted by Crippen LogP contribution is 2.34. The number of hydrogen-bond acceptors (Lipinski definition) is 2. The number of amides is 1. The summed E-state index contributed by atoms with van der Waals surface area (Å²) in [6.07, 6.45) is -2.29. The van der Waals surface area contributed by atoms with E-state index in [1.165, 1.54) is 18.3 Å². The molecule has 1 atom stereocenters. The van der Waals surface area contributed by atoms with E-state index in [1.807, 2.05) is 6.07 Å². The molecule has 0 saturated carbocycles. The summed E-state index contributed by atoms with van der Waals surface area (Å²) in [6.45, 7) is 0.847.